The van der Waals surface area contributed by atoms with E-state index >= 15 is 0 Å². The summed E-state index contributed by atoms with van der Waals surface area (Å²) < 4.78 is 13.1. The number of imidazole rings is 1. The molecule has 0 aliphatic carbocycles. The number of nitrogens with zero attached hydrogens (tertiary/aromatic N) is 5. The van der Waals surface area contributed by atoms with Crippen molar-refractivity contribution in [3.63, 3.8) is 0 Å². The lowest BCUT2D eigenvalue weighted by Crippen LogP contribution is -2.03. The van der Waals surface area contributed by atoms with Crippen molar-refractivity contribution < 1.29 is 9.26 Å². The van der Waals surface area contributed by atoms with Crippen molar-refractivity contribution in [3.05, 3.63) is 59.6 Å². The molecular formula is C24H20N6O2. The maximum Gasteiger partial charge on any atom is 0.222 e. The van der Waals surface area contributed by atoms with Crippen molar-refractivity contribution in [3.8, 4) is 28.8 Å². The van der Waals surface area contributed by atoms with Crippen LogP contribution in [0.5, 0.6) is 5.75 Å². The predicted octanol–water partition coefficient (Wildman–Crippen LogP) is 5.06. The van der Waals surface area contributed by atoms with E-state index in [1.165, 1.54) is 0 Å². The minimum atomic E-state index is 0.430. The van der Waals surface area contributed by atoms with Crippen molar-refractivity contribution in [1.29, 1.82) is 5.26 Å². The molecule has 0 radical (unpaired) electrons. The Morgan fingerprint density at radius 2 is 1.94 bits per heavy atom. The molecule has 0 amide bonds. The van der Waals surface area contributed by atoms with Gasteiger partial charge in [-0.1, -0.05) is 23.4 Å². The van der Waals surface area contributed by atoms with Gasteiger partial charge in [-0.25, -0.2) is 4.98 Å². The molecule has 3 aromatic heterocycles. The molecule has 32 heavy (non-hydrogen) atoms. The largest absolute Gasteiger partial charge is 0.496 e. The van der Waals surface area contributed by atoms with Crippen molar-refractivity contribution >= 4 is 27.9 Å². The van der Waals surface area contributed by atoms with Crippen LogP contribution in [0.15, 0.2) is 47.1 Å². The Morgan fingerprint density at radius 3 is 2.62 bits per heavy atom. The van der Waals surface area contributed by atoms with Crippen LogP contribution in [0.3, 0.4) is 0 Å². The Bertz CT molecular complexity index is 1520. The molecule has 158 valence electrons. The Kier molecular flexibility index (Phi) is 4.52. The number of hydrogen-bond donors (Lipinski definition) is 1. The smallest absolute Gasteiger partial charge is 0.222 e. The number of ether oxygens (including phenoxy) is 1. The summed E-state index contributed by atoms with van der Waals surface area (Å²) in [5.41, 5.74) is 6.80. The second-order valence-electron chi connectivity index (χ2n) is 7.55. The molecule has 8 nitrogen and oxygen atoms in total. The Balaban J connectivity index is 1.89. The van der Waals surface area contributed by atoms with E-state index in [1.807, 2.05) is 67.9 Å². The molecule has 0 fully saturated rings. The van der Waals surface area contributed by atoms with E-state index in [1.54, 1.807) is 13.3 Å². The van der Waals surface area contributed by atoms with Crippen LogP contribution in [0.25, 0.3) is 38.8 Å². The fraction of sp³-hybridized carbons (Fsp3) is 0.167. The number of nitrogens with one attached hydrogen (secondary N) is 1. The summed E-state index contributed by atoms with van der Waals surface area (Å²) in [6.45, 7) is 5.80. The number of anilines is 1. The van der Waals surface area contributed by atoms with E-state index in [0.29, 0.717) is 23.0 Å². The van der Waals surface area contributed by atoms with Crippen LogP contribution in [0.1, 0.15) is 17.0 Å². The van der Waals surface area contributed by atoms with Crippen LogP contribution in [0, 0.1) is 32.2 Å². The zero-order chi connectivity index (χ0) is 22.4. The van der Waals surface area contributed by atoms with Crippen molar-refractivity contribution in [2.75, 3.05) is 12.4 Å². The number of benzene rings is 2. The van der Waals surface area contributed by atoms with Gasteiger partial charge >= 0.3 is 0 Å². The van der Waals surface area contributed by atoms with Gasteiger partial charge in [0, 0.05) is 10.9 Å². The monoisotopic (exact) mass is 424 g/mol. The lowest BCUT2D eigenvalue weighted by molar-refractivity contribution is 0.393. The minimum absolute atomic E-state index is 0.430. The molecule has 5 rings (SSSR count). The van der Waals surface area contributed by atoms with E-state index in [-0.39, 0.29) is 0 Å². The molecule has 0 aliphatic rings. The molecule has 1 N–H and O–H groups in total. The summed E-state index contributed by atoms with van der Waals surface area (Å²) in [5, 5.41) is 17.0. The van der Waals surface area contributed by atoms with Gasteiger partial charge in [0.1, 0.15) is 17.0 Å². The van der Waals surface area contributed by atoms with Gasteiger partial charge in [-0.2, -0.15) is 5.26 Å². The third kappa shape index (κ3) is 2.87. The summed E-state index contributed by atoms with van der Waals surface area (Å²) in [5.74, 6) is 1.82. The van der Waals surface area contributed by atoms with Gasteiger partial charge in [0.05, 0.1) is 41.3 Å². The fourth-order valence-corrected chi connectivity index (χ4v) is 4.20. The highest BCUT2D eigenvalue weighted by molar-refractivity contribution is 6.06. The molecule has 0 saturated heterocycles. The lowest BCUT2D eigenvalue weighted by atomic mass is 10.0. The van der Waals surface area contributed by atoms with E-state index < -0.39 is 0 Å². The first-order valence-electron chi connectivity index (χ1n) is 10.1. The average Bonchev–Trinajstić information content (AvgIpc) is 3.32. The number of methoxy groups -OCH3 is 1. The number of para-hydroxylation sites is 1. The molecule has 2 aromatic carbocycles. The van der Waals surface area contributed by atoms with Crippen LogP contribution in [-0.2, 0) is 0 Å². The van der Waals surface area contributed by atoms with Crippen LogP contribution in [0.4, 0.5) is 5.95 Å². The Hall–Kier alpha value is -4.38. The first-order valence-corrected chi connectivity index (χ1v) is 10.1. The molecular weight excluding hydrogens is 404 g/mol. The standard InChI is InChI=1S/C24H20N6O2/c1-13-7-5-6-8-20(13)30-23-16-10-21(31-4)17(22-14(2)29-32-15(22)3)9-18(16)26-11-19(23)28-24(30)27-12-25/h5-11H,1-4H3,(H,27,28). The third-order valence-corrected chi connectivity index (χ3v) is 5.63. The lowest BCUT2D eigenvalue weighted by Gasteiger charge is -2.14. The summed E-state index contributed by atoms with van der Waals surface area (Å²) in [7, 11) is 1.64. The minimum Gasteiger partial charge on any atom is -0.496 e. The number of aromatic nitrogens is 4. The summed E-state index contributed by atoms with van der Waals surface area (Å²) >= 11 is 0. The molecule has 0 saturated carbocycles. The van der Waals surface area contributed by atoms with Gasteiger partial charge in [-0.05, 0) is 44.5 Å². The van der Waals surface area contributed by atoms with Gasteiger partial charge in [0.25, 0.3) is 0 Å². The van der Waals surface area contributed by atoms with Gasteiger partial charge in [-0.3, -0.25) is 14.9 Å². The maximum atomic E-state index is 9.31. The van der Waals surface area contributed by atoms with E-state index in [9.17, 15) is 5.26 Å². The molecule has 8 heteroatoms. The summed E-state index contributed by atoms with van der Waals surface area (Å²) in [6, 6.07) is 11.9. The zero-order valence-electron chi connectivity index (χ0n) is 18.1. The first kappa shape index (κ1) is 19.6. The van der Waals surface area contributed by atoms with Crippen molar-refractivity contribution in [2.24, 2.45) is 0 Å². The Morgan fingerprint density at radius 1 is 1.12 bits per heavy atom. The molecule has 0 atom stereocenters. The molecule has 5 aromatic rings. The number of nitriles is 1. The van der Waals surface area contributed by atoms with Gasteiger partial charge in [0.2, 0.25) is 5.95 Å². The average molecular weight is 424 g/mol. The van der Waals surface area contributed by atoms with E-state index in [2.05, 4.69) is 20.4 Å². The number of rotatable bonds is 4. The highest BCUT2D eigenvalue weighted by Crippen LogP contribution is 2.40. The molecule has 0 spiro atoms. The maximum absolute atomic E-state index is 9.31. The highest BCUT2D eigenvalue weighted by Gasteiger charge is 2.21. The van der Waals surface area contributed by atoms with Crippen LogP contribution < -0.4 is 10.1 Å². The first-order chi connectivity index (χ1) is 15.5. The quantitative estimate of drug-likeness (QED) is 0.318. The van der Waals surface area contributed by atoms with Crippen LogP contribution in [0.2, 0.25) is 0 Å². The number of hydrogen-bond acceptors (Lipinski definition) is 7. The second kappa shape index (κ2) is 7.39. The predicted molar refractivity (Wildman–Crippen MR) is 122 cm³/mol. The summed E-state index contributed by atoms with van der Waals surface area (Å²) in [6.07, 6.45) is 3.71. The zero-order valence-corrected chi connectivity index (χ0v) is 18.1. The van der Waals surface area contributed by atoms with Crippen LogP contribution in [-0.4, -0.2) is 26.8 Å². The number of fused-ring (bicyclic) bond motifs is 3. The SMILES string of the molecule is COc1cc2c(cc1-c1c(C)noc1C)ncc1nc(NC#N)n(-c3ccccc3C)c12. The summed E-state index contributed by atoms with van der Waals surface area (Å²) in [4.78, 5) is 9.28. The van der Waals surface area contributed by atoms with Crippen LogP contribution >= 0.6 is 0 Å². The second-order valence-corrected chi connectivity index (χ2v) is 7.55. The van der Waals surface area contributed by atoms with Crippen molar-refractivity contribution in [2.45, 2.75) is 20.8 Å². The Labute approximate surface area is 184 Å². The number of aryl methyl sites for hydroxylation is 3. The molecule has 0 unspecified atom stereocenters. The third-order valence-electron chi connectivity index (χ3n) is 5.63. The highest BCUT2D eigenvalue weighted by atomic mass is 16.5. The van der Waals surface area contributed by atoms with Gasteiger partial charge in [-0.15, -0.1) is 0 Å². The molecule has 0 aliphatic heterocycles. The van der Waals surface area contributed by atoms with Crippen molar-refractivity contribution in [1.82, 2.24) is 19.7 Å². The van der Waals surface area contributed by atoms with Gasteiger partial charge < -0.3 is 9.26 Å². The van der Waals surface area contributed by atoms with E-state index in [4.69, 9.17) is 9.26 Å². The van der Waals surface area contributed by atoms with E-state index in [0.717, 1.165) is 44.5 Å². The normalized spacial score (nSPS) is 11.1. The van der Waals surface area contributed by atoms with Gasteiger partial charge in [0.15, 0.2) is 6.19 Å². The fourth-order valence-electron chi connectivity index (χ4n) is 4.20. The molecule has 3 heterocycles. The molecule has 0 bridgehead atoms. The number of pyridine rings is 1. The topological polar surface area (TPSA) is 102 Å².